The van der Waals surface area contributed by atoms with Crippen molar-refractivity contribution in [1.29, 1.82) is 0 Å². The van der Waals surface area contributed by atoms with E-state index in [1.54, 1.807) is 13.8 Å². The lowest BCUT2D eigenvalue weighted by molar-refractivity contribution is -0.137. The first-order valence-electron chi connectivity index (χ1n) is 7.90. The molecule has 5 heteroatoms. The van der Waals surface area contributed by atoms with Crippen LogP contribution < -0.4 is 5.19 Å². The molecule has 130 valence electrons. The number of benzene rings is 1. The third-order valence-corrected chi connectivity index (χ3v) is 8.27. The van der Waals surface area contributed by atoms with Gasteiger partial charge in [-0.3, -0.25) is 0 Å². The zero-order valence-electron chi connectivity index (χ0n) is 15.1. The standard InChI is InChI=1S/C19H26O4Si/c1-8-19(6,7)24(22-17(20)14(2)3,23-18(21)15(4)5)16-12-10-9-11-13-16/h9-13H,2,4,8H2,1,3,5-7H3. The molecule has 0 saturated carbocycles. The van der Waals surface area contributed by atoms with Crippen LogP contribution in [0.5, 0.6) is 0 Å². The third kappa shape index (κ3) is 4.03. The summed E-state index contributed by atoms with van der Waals surface area (Å²) in [4.78, 5) is 24.7. The minimum absolute atomic E-state index is 0.265. The molecule has 0 unspecified atom stereocenters. The van der Waals surface area contributed by atoms with Crippen molar-refractivity contribution in [2.45, 2.75) is 46.1 Å². The molecule has 1 aromatic rings. The molecule has 0 aliphatic heterocycles. The van der Waals surface area contributed by atoms with Crippen molar-refractivity contribution >= 4 is 25.7 Å². The fourth-order valence-corrected chi connectivity index (χ4v) is 5.71. The summed E-state index contributed by atoms with van der Waals surface area (Å²) in [7, 11) is -3.47. The minimum atomic E-state index is -3.47. The van der Waals surface area contributed by atoms with E-state index in [9.17, 15) is 9.59 Å². The average molecular weight is 346 g/mol. The lowest BCUT2D eigenvalue weighted by Gasteiger charge is -2.41. The highest BCUT2D eigenvalue weighted by atomic mass is 28.4. The summed E-state index contributed by atoms with van der Waals surface area (Å²) in [6.45, 7) is 16.3. The van der Waals surface area contributed by atoms with E-state index in [1.807, 2.05) is 51.1 Å². The van der Waals surface area contributed by atoms with Gasteiger partial charge in [-0.25, -0.2) is 9.59 Å². The van der Waals surface area contributed by atoms with Crippen LogP contribution in [0.1, 0.15) is 41.0 Å². The summed E-state index contributed by atoms with van der Waals surface area (Å²) in [5, 5.41) is 0.186. The number of hydrogen-bond acceptors (Lipinski definition) is 4. The van der Waals surface area contributed by atoms with Crippen molar-refractivity contribution in [3.8, 4) is 0 Å². The van der Waals surface area contributed by atoms with Crippen molar-refractivity contribution in [1.82, 2.24) is 0 Å². The summed E-state index contributed by atoms with van der Waals surface area (Å²) in [5.74, 6) is -1.11. The van der Waals surface area contributed by atoms with E-state index >= 15 is 0 Å². The van der Waals surface area contributed by atoms with Gasteiger partial charge in [0.2, 0.25) is 0 Å². The van der Waals surface area contributed by atoms with Crippen LogP contribution >= 0.6 is 0 Å². The second kappa shape index (κ2) is 7.62. The summed E-state index contributed by atoms with van der Waals surface area (Å²) >= 11 is 0. The highest BCUT2D eigenvalue weighted by Gasteiger charge is 2.59. The molecular formula is C19H26O4Si. The van der Waals surface area contributed by atoms with Crippen LogP contribution in [-0.2, 0) is 18.4 Å². The molecule has 1 rings (SSSR count). The molecule has 0 radical (unpaired) electrons. The Kier molecular flexibility index (Phi) is 6.32. The topological polar surface area (TPSA) is 52.6 Å². The summed E-state index contributed by atoms with van der Waals surface area (Å²) < 4.78 is 11.8. The molecule has 0 aromatic heterocycles. The van der Waals surface area contributed by atoms with Gasteiger partial charge in [0, 0.05) is 21.4 Å². The summed E-state index contributed by atoms with van der Waals surface area (Å²) in [6.07, 6.45) is 0.668. The van der Waals surface area contributed by atoms with Crippen molar-refractivity contribution in [2.75, 3.05) is 0 Å². The predicted molar refractivity (Wildman–Crippen MR) is 98.0 cm³/mol. The maximum absolute atomic E-state index is 12.3. The molecule has 4 nitrogen and oxygen atoms in total. The molecule has 0 amide bonds. The molecule has 0 spiro atoms. The molecule has 0 heterocycles. The zero-order valence-corrected chi connectivity index (χ0v) is 16.1. The monoisotopic (exact) mass is 346 g/mol. The first-order valence-corrected chi connectivity index (χ1v) is 9.72. The SMILES string of the molecule is C=C(C)C(=O)O[Si](OC(=O)C(=C)C)(c1ccccc1)C(C)(C)CC. The van der Waals surface area contributed by atoms with E-state index in [0.29, 0.717) is 6.42 Å². The van der Waals surface area contributed by atoms with Gasteiger partial charge in [0.25, 0.3) is 0 Å². The van der Waals surface area contributed by atoms with Crippen molar-refractivity contribution in [3.63, 3.8) is 0 Å². The predicted octanol–water partition coefficient (Wildman–Crippen LogP) is 3.76. The minimum Gasteiger partial charge on any atom is -0.478 e. The van der Waals surface area contributed by atoms with Crippen LogP contribution in [0.25, 0.3) is 0 Å². The highest BCUT2D eigenvalue weighted by molar-refractivity contribution is 6.86. The van der Waals surface area contributed by atoms with E-state index < -0.39 is 25.5 Å². The number of rotatable bonds is 7. The third-order valence-electron chi connectivity index (χ3n) is 4.10. The van der Waals surface area contributed by atoms with Crippen LogP contribution in [0.4, 0.5) is 0 Å². The van der Waals surface area contributed by atoms with Crippen LogP contribution in [0, 0.1) is 0 Å². The van der Waals surface area contributed by atoms with Gasteiger partial charge in [0.1, 0.15) is 0 Å². The maximum Gasteiger partial charge on any atom is 0.505 e. The Morgan fingerprint density at radius 2 is 1.42 bits per heavy atom. The van der Waals surface area contributed by atoms with Gasteiger partial charge in [-0.15, -0.1) is 0 Å². The molecule has 0 aliphatic rings. The highest BCUT2D eigenvalue weighted by Crippen LogP contribution is 2.42. The van der Waals surface area contributed by atoms with E-state index in [1.165, 1.54) is 0 Å². The Morgan fingerprint density at radius 1 is 1.00 bits per heavy atom. The maximum atomic E-state index is 12.3. The molecular weight excluding hydrogens is 320 g/mol. The molecule has 0 fully saturated rings. The fourth-order valence-electron chi connectivity index (χ4n) is 2.13. The van der Waals surface area contributed by atoms with Crippen LogP contribution in [-0.4, -0.2) is 20.5 Å². The van der Waals surface area contributed by atoms with Crippen molar-refractivity contribution in [3.05, 3.63) is 54.6 Å². The Bertz CT molecular complexity index is 619. The van der Waals surface area contributed by atoms with Gasteiger partial charge in [0.05, 0.1) is 0 Å². The fraction of sp³-hybridized carbons (Fsp3) is 0.368. The van der Waals surface area contributed by atoms with E-state index in [2.05, 4.69) is 13.2 Å². The van der Waals surface area contributed by atoms with Gasteiger partial charge in [-0.1, -0.05) is 64.3 Å². The number of hydrogen-bond donors (Lipinski definition) is 0. The van der Waals surface area contributed by atoms with Crippen LogP contribution in [0.3, 0.4) is 0 Å². The van der Waals surface area contributed by atoms with Gasteiger partial charge < -0.3 is 8.85 Å². The normalized spacial score (nSPS) is 11.5. The molecule has 1 aromatic carbocycles. The molecule has 0 saturated heterocycles. The molecule has 0 aliphatic carbocycles. The van der Waals surface area contributed by atoms with Crippen molar-refractivity contribution in [2.24, 2.45) is 0 Å². The van der Waals surface area contributed by atoms with Crippen LogP contribution in [0.15, 0.2) is 54.6 Å². The lowest BCUT2D eigenvalue weighted by atomic mass is 10.1. The second-order valence-electron chi connectivity index (χ2n) is 6.56. The first kappa shape index (κ1) is 19.9. The largest absolute Gasteiger partial charge is 0.505 e. The summed E-state index contributed by atoms with van der Waals surface area (Å²) in [6, 6.07) is 9.21. The average Bonchev–Trinajstić information content (AvgIpc) is 2.54. The molecule has 0 N–H and O–H groups in total. The summed E-state index contributed by atoms with van der Waals surface area (Å²) in [5.41, 5.74) is 0.530. The van der Waals surface area contributed by atoms with Gasteiger partial charge in [-0.2, -0.15) is 0 Å². The Balaban J connectivity index is 3.59. The number of carbonyl (C=O) groups excluding carboxylic acids is 2. The molecule has 24 heavy (non-hydrogen) atoms. The first-order chi connectivity index (χ1) is 11.1. The Labute approximate surface area is 145 Å². The Hall–Kier alpha value is -2.14. The molecule has 0 bridgehead atoms. The smallest absolute Gasteiger partial charge is 0.478 e. The molecule has 0 atom stereocenters. The van der Waals surface area contributed by atoms with E-state index in [4.69, 9.17) is 8.85 Å². The second-order valence-corrected chi connectivity index (χ2v) is 10.1. The van der Waals surface area contributed by atoms with Gasteiger partial charge in [0.15, 0.2) is 0 Å². The Morgan fingerprint density at radius 3 is 1.75 bits per heavy atom. The van der Waals surface area contributed by atoms with Crippen LogP contribution in [0.2, 0.25) is 5.04 Å². The van der Waals surface area contributed by atoms with E-state index in [0.717, 1.165) is 5.19 Å². The lowest BCUT2D eigenvalue weighted by Crippen LogP contribution is -2.63. The van der Waals surface area contributed by atoms with Gasteiger partial charge >= 0.3 is 20.5 Å². The quantitative estimate of drug-likeness (QED) is 0.557. The van der Waals surface area contributed by atoms with E-state index in [-0.39, 0.29) is 11.1 Å². The van der Waals surface area contributed by atoms with Crippen molar-refractivity contribution < 1.29 is 18.4 Å². The number of carbonyl (C=O) groups is 2. The zero-order chi connectivity index (χ0) is 18.5. The van der Waals surface area contributed by atoms with Gasteiger partial charge in [-0.05, 0) is 20.3 Å².